The summed E-state index contributed by atoms with van der Waals surface area (Å²) in [5.74, 6) is 0.0389. The van der Waals surface area contributed by atoms with Crippen LogP contribution in [0.25, 0.3) is 0 Å². The van der Waals surface area contributed by atoms with Crippen molar-refractivity contribution in [3.05, 3.63) is 11.4 Å². The maximum Gasteiger partial charge on any atom is 0.241 e. The lowest BCUT2D eigenvalue weighted by molar-refractivity contribution is -0.121. The zero-order valence-electron chi connectivity index (χ0n) is 15.6. The minimum Gasteiger partial charge on any atom is -0.380 e. The third-order valence-corrected chi connectivity index (χ3v) is 4.85. The van der Waals surface area contributed by atoms with E-state index >= 15 is 0 Å². The van der Waals surface area contributed by atoms with Gasteiger partial charge in [-0.2, -0.15) is 5.10 Å². The van der Waals surface area contributed by atoms with E-state index in [4.69, 9.17) is 4.74 Å². The molecule has 2 rings (SSSR count). The highest BCUT2D eigenvalue weighted by Gasteiger charge is 2.26. The van der Waals surface area contributed by atoms with Crippen LogP contribution in [0.1, 0.15) is 25.2 Å². The van der Waals surface area contributed by atoms with Gasteiger partial charge in [0, 0.05) is 46.4 Å². The first-order valence-electron chi connectivity index (χ1n) is 8.79. The van der Waals surface area contributed by atoms with Crippen LogP contribution in [0.4, 0.5) is 5.69 Å². The molecule has 0 saturated carbocycles. The molecule has 1 amide bonds. The predicted octanol–water partition coefficient (Wildman–Crippen LogP) is 1.02. The molecule has 1 aromatic rings. The molecule has 1 fully saturated rings. The van der Waals surface area contributed by atoms with E-state index in [2.05, 4.69) is 20.2 Å². The van der Waals surface area contributed by atoms with Crippen molar-refractivity contribution in [2.75, 3.05) is 51.3 Å². The molecule has 1 N–H and O–H groups in total. The van der Waals surface area contributed by atoms with Gasteiger partial charge in [-0.3, -0.25) is 19.3 Å². The Labute approximate surface area is 144 Å². The maximum atomic E-state index is 12.6. The fraction of sp³-hybridized carbons (Fsp3) is 0.765. The molecule has 2 heterocycles. The Balaban J connectivity index is 1.84. The number of carbonyl (C=O) groups is 1. The summed E-state index contributed by atoms with van der Waals surface area (Å²) >= 11 is 0. The third-order valence-electron chi connectivity index (χ3n) is 4.85. The number of aromatic nitrogens is 2. The van der Waals surface area contributed by atoms with Gasteiger partial charge >= 0.3 is 0 Å². The lowest BCUT2D eigenvalue weighted by Gasteiger charge is -2.37. The highest BCUT2D eigenvalue weighted by molar-refractivity contribution is 5.95. The Morgan fingerprint density at radius 2 is 1.96 bits per heavy atom. The Kier molecular flexibility index (Phi) is 6.77. The number of piperazine rings is 1. The SMILES string of the molecule is CCOCCN1CCN([C@H](C)C(=O)Nc2c(C)nn(C)c2C)CC1. The Hall–Kier alpha value is -1.44. The summed E-state index contributed by atoms with van der Waals surface area (Å²) in [7, 11) is 1.89. The van der Waals surface area contributed by atoms with E-state index in [-0.39, 0.29) is 11.9 Å². The van der Waals surface area contributed by atoms with E-state index in [9.17, 15) is 4.79 Å². The standard InChI is InChI=1S/C17H31N5O2/c1-6-24-12-11-21-7-9-22(10-8-21)15(4)17(23)18-16-13(2)19-20(5)14(16)3/h15H,6-12H2,1-5H3,(H,18,23)/t15-/m1/s1. The molecule has 1 aliphatic rings. The number of anilines is 1. The van der Waals surface area contributed by atoms with Gasteiger partial charge < -0.3 is 10.1 Å². The van der Waals surface area contributed by atoms with Gasteiger partial charge in [-0.05, 0) is 27.7 Å². The van der Waals surface area contributed by atoms with Crippen molar-refractivity contribution in [1.29, 1.82) is 0 Å². The van der Waals surface area contributed by atoms with E-state index in [1.807, 2.05) is 34.7 Å². The third kappa shape index (κ3) is 4.55. The highest BCUT2D eigenvalue weighted by atomic mass is 16.5. The van der Waals surface area contributed by atoms with Gasteiger partial charge in [-0.1, -0.05) is 0 Å². The number of ether oxygens (including phenoxy) is 1. The number of carbonyl (C=O) groups excluding carboxylic acids is 1. The summed E-state index contributed by atoms with van der Waals surface area (Å²) < 4.78 is 7.21. The van der Waals surface area contributed by atoms with E-state index in [1.54, 1.807) is 4.68 Å². The number of amides is 1. The molecule has 1 saturated heterocycles. The van der Waals surface area contributed by atoms with E-state index < -0.39 is 0 Å². The minimum atomic E-state index is -0.141. The molecule has 1 aromatic heterocycles. The normalized spacial score (nSPS) is 17.9. The molecule has 0 spiro atoms. The van der Waals surface area contributed by atoms with Crippen LogP contribution in [0.15, 0.2) is 0 Å². The smallest absolute Gasteiger partial charge is 0.241 e. The van der Waals surface area contributed by atoms with Crippen LogP contribution < -0.4 is 5.32 Å². The van der Waals surface area contributed by atoms with Crippen molar-refractivity contribution in [2.24, 2.45) is 7.05 Å². The van der Waals surface area contributed by atoms with E-state index in [0.29, 0.717) is 0 Å². The number of nitrogens with one attached hydrogen (secondary N) is 1. The molecule has 7 nitrogen and oxygen atoms in total. The molecule has 1 atom stereocenters. The van der Waals surface area contributed by atoms with Gasteiger partial charge in [-0.25, -0.2) is 0 Å². The molecule has 0 aromatic carbocycles. The number of hydrogen-bond acceptors (Lipinski definition) is 5. The van der Waals surface area contributed by atoms with Crippen LogP contribution in [0.3, 0.4) is 0 Å². The second-order valence-corrected chi connectivity index (χ2v) is 6.41. The molecule has 136 valence electrons. The van der Waals surface area contributed by atoms with E-state index in [1.165, 1.54) is 0 Å². The summed E-state index contributed by atoms with van der Waals surface area (Å²) in [5.41, 5.74) is 2.68. The first-order chi connectivity index (χ1) is 11.4. The van der Waals surface area contributed by atoms with Crippen LogP contribution in [0, 0.1) is 13.8 Å². The topological polar surface area (TPSA) is 62.6 Å². The van der Waals surface area contributed by atoms with Gasteiger partial charge in [0.05, 0.1) is 29.7 Å². The molecule has 0 radical (unpaired) electrons. The van der Waals surface area contributed by atoms with Crippen molar-refractivity contribution in [1.82, 2.24) is 19.6 Å². The molecule has 7 heteroatoms. The van der Waals surface area contributed by atoms with Crippen LogP contribution in [-0.2, 0) is 16.6 Å². The summed E-state index contributed by atoms with van der Waals surface area (Å²) in [6.45, 7) is 14.2. The quantitative estimate of drug-likeness (QED) is 0.753. The zero-order chi connectivity index (χ0) is 17.7. The lowest BCUT2D eigenvalue weighted by Crippen LogP contribution is -2.53. The molecular formula is C17H31N5O2. The summed E-state index contributed by atoms with van der Waals surface area (Å²) in [6, 6.07) is -0.141. The number of aryl methyl sites for hydroxylation is 2. The number of hydrogen-bond donors (Lipinski definition) is 1. The van der Waals surface area contributed by atoms with Crippen LogP contribution >= 0.6 is 0 Å². The van der Waals surface area contributed by atoms with Crippen molar-refractivity contribution in [3.8, 4) is 0 Å². The number of nitrogens with zero attached hydrogens (tertiary/aromatic N) is 4. The fourth-order valence-corrected chi connectivity index (χ4v) is 3.06. The largest absolute Gasteiger partial charge is 0.380 e. The summed E-state index contributed by atoms with van der Waals surface area (Å²) in [5, 5.41) is 7.40. The summed E-state index contributed by atoms with van der Waals surface area (Å²) in [6.07, 6.45) is 0. The lowest BCUT2D eigenvalue weighted by atomic mass is 10.2. The van der Waals surface area contributed by atoms with Gasteiger partial charge in [0.15, 0.2) is 0 Å². The van der Waals surface area contributed by atoms with Gasteiger partial charge in [0.25, 0.3) is 0 Å². The predicted molar refractivity (Wildman–Crippen MR) is 95.3 cm³/mol. The molecule has 1 aliphatic heterocycles. The summed E-state index contributed by atoms with van der Waals surface area (Å²) in [4.78, 5) is 17.2. The Morgan fingerprint density at radius 1 is 1.29 bits per heavy atom. The first-order valence-corrected chi connectivity index (χ1v) is 8.79. The highest BCUT2D eigenvalue weighted by Crippen LogP contribution is 2.19. The Bertz CT molecular complexity index is 549. The maximum absolute atomic E-state index is 12.6. The molecule has 0 aliphatic carbocycles. The molecule has 0 unspecified atom stereocenters. The monoisotopic (exact) mass is 337 g/mol. The number of rotatable bonds is 7. The van der Waals surface area contributed by atoms with Gasteiger partial charge in [-0.15, -0.1) is 0 Å². The second kappa shape index (κ2) is 8.60. The van der Waals surface area contributed by atoms with Crippen molar-refractivity contribution >= 4 is 11.6 Å². The van der Waals surface area contributed by atoms with Crippen molar-refractivity contribution < 1.29 is 9.53 Å². The molecule has 0 bridgehead atoms. The first kappa shape index (κ1) is 18.9. The average molecular weight is 337 g/mol. The van der Waals surface area contributed by atoms with Crippen LogP contribution in [0.5, 0.6) is 0 Å². The van der Waals surface area contributed by atoms with Gasteiger partial charge in [0.2, 0.25) is 5.91 Å². The van der Waals surface area contributed by atoms with Crippen LogP contribution in [0.2, 0.25) is 0 Å². The Morgan fingerprint density at radius 3 is 2.50 bits per heavy atom. The molecule has 24 heavy (non-hydrogen) atoms. The second-order valence-electron chi connectivity index (χ2n) is 6.41. The molecular weight excluding hydrogens is 306 g/mol. The zero-order valence-corrected chi connectivity index (χ0v) is 15.6. The van der Waals surface area contributed by atoms with Crippen molar-refractivity contribution in [2.45, 2.75) is 33.7 Å². The minimum absolute atomic E-state index is 0.0389. The van der Waals surface area contributed by atoms with E-state index in [0.717, 1.165) is 63.0 Å². The van der Waals surface area contributed by atoms with Crippen molar-refractivity contribution in [3.63, 3.8) is 0 Å². The van der Waals surface area contributed by atoms with Crippen LogP contribution in [-0.4, -0.2) is 77.5 Å². The fourth-order valence-electron chi connectivity index (χ4n) is 3.06. The van der Waals surface area contributed by atoms with Gasteiger partial charge in [0.1, 0.15) is 0 Å². The average Bonchev–Trinajstić information content (AvgIpc) is 2.81.